The summed E-state index contributed by atoms with van der Waals surface area (Å²) in [5.41, 5.74) is 0. The molecule has 334 valence electrons. The van der Waals surface area contributed by atoms with Crippen LogP contribution >= 0.6 is 0 Å². The van der Waals surface area contributed by atoms with Crippen LogP contribution in [0.5, 0.6) is 0 Å². The van der Waals surface area contributed by atoms with E-state index in [0.717, 1.165) is 38.9 Å². The Morgan fingerprint density at radius 3 is 1.09 bits per heavy atom. The quantitative estimate of drug-likeness (QED) is 0.0345. The van der Waals surface area contributed by atoms with Crippen molar-refractivity contribution in [1.29, 1.82) is 0 Å². The van der Waals surface area contributed by atoms with E-state index in [2.05, 4.69) is 18.7 Å². The Hall–Kier alpha value is -0.730. The molecule has 56 heavy (non-hydrogen) atoms. The molecule has 0 spiro atoms. The van der Waals surface area contributed by atoms with Crippen molar-refractivity contribution in [2.24, 2.45) is 0 Å². The van der Waals surface area contributed by atoms with Gasteiger partial charge in [0.15, 0.2) is 0 Å². The van der Waals surface area contributed by atoms with Gasteiger partial charge < -0.3 is 28.6 Å². The van der Waals surface area contributed by atoms with Crippen molar-refractivity contribution in [2.75, 3.05) is 59.6 Å². The number of carbonyl (C=O) groups excluding carboxylic acids is 1. The Morgan fingerprint density at radius 2 is 0.750 bits per heavy atom. The third-order valence-corrected chi connectivity index (χ3v) is 11.6. The van der Waals surface area contributed by atoms with Crippen molar-refractivity contribution in [1.82, 2.24) is 4.90 Å². The fourth-order valence-electron chi connectivity index (χ4n) is 7.91. The molecule has 0 aromatic rings. The molecule has 1 fully saturated rings. The zero-order chi connectivity index (χ0) is 40.1. The maximum Gasteiger partial charge on any atom is 0.306 e. The SMILES string of the molecule is CCCCCCCCCCCCCCCCCCOCOCC(COCOCCCCCCCCCCCCCCCCCC)OC(=O)CCCN1CCCC1. The summed E-state index contributed by atoms with van der Waals surface area (Å²) in [5, 5.41) is 0. The van der Waals surface area contributed by atoms with Crippen molar-refractivity contribution in [2.45, 2.75) is 251 Å². The lowest BCUT2D eigenvalue weighted by Gasteiger charge is -2.19. The van der Waals surface area contributed by atoms with E-state index in [9.17, 15) is 4.79 Å². The molecule has 0 unspecified atom stereocenters. The topological polar surface area (TPSA) is 66.5 Å². The van der Waals surface area contributed by atoms with Crippen LogP contribution in [0.4, 0.5) is 0 Å². The van der Waals surface area contributed by atoms with E-state index in [1.807, 2.05) is 0 Å². The molecule has 1 saturated heterocycles. The molecule has 1 aliphatic rings. The lowest BCUT2D eigenvalue weighted by atomic mass is 10.0. The molecule has 0 saturated carbocycles. The van der Waals surface area contributed by atoms with Gasteiger partial charge in [0.05, 0.1) is 13.2 Å². The van der Waals surface area contributed by atoms with E-state index < -0.39 is 6.10 Å². The molecule has 0 atom stereocenters. The second-order valence-corrected chi connectivity index (χ2v) is 17.2. The highest BCUT2D eigenvalue weighted by Gasteiger charge is 2.17. The molecular weight excluding hydrogens is 699 g/mol. The van der Waals surface area contributed by atoms with Gasteiger partial charge in [-0.3, -0.25) is 4.79 Å². The van der Waals surface area contributed by atoms with Gasteiger partial charge >= 0.3 is 5.97 Å². The van der Waals surface area contributed by atoms with Crippen LogP contribution in [-0.4, -0.2) is 76.6 Å². The number of carbonyl (C=O) groups is 1. The highest BCUT2D eigenvalue weighted by atomic mass is 16.7. The van der Waals surface area contributed by atoms with E-state index in [1.54, 1.807) is 0 Å². The molecular formula is C49H97NO6. The van der Waals surface area contributed by atoms with Gasteiger partial charge in [-0.2, -0.15) is 0 Å². The molecule has 0 aromatic heterocycles. The number of likely N-dealkylation sites (tertiary alicyclic amines) is 1. The number of rotatable bonds is 47. The minimum atomic E-state index is -0.451. The number of hydrogen-bond acceptors (Lipinski definition) is 7. The molecule has 7 nitrogen and oxygen atoms in total. The van der Waals surface area contributed by atoms with Crippen molar-refractivity contribution < 1.29 is 28.5 Å². The predicted molar refractivity (Wildman–Crippen MR) is 237 cm³/mol. The van der Waals surface area contributed by atoms with E-state index in [1.165, 1.54) is 205 Å². The standard InChI is InChI=1S/C49H97NO6/c1-3-5-7-9-11-13-15-17-19-21-23-25-27-29-31-35-42-52-46-54-44-48(56-49(51)38-37-41-50-39-33-34-40-50)45-55-47-53-43-36-32-30-28-26-24-22-20-18-16-14-12-10-8-6-4-2/h48H,3-47H2,1-2H3. The van der Waals surface area contributed by atoms with Crippen molar-refractivity contribution in [3.8, 4) is 0 Å². The van der Waals surface area contributed by atoms with E-state index in [0.29, 0.717) is 19.6 Å². The molecule has 0 aromatic carbocycles. The van der Waals surface area contributed by atoms with Crippen LogP contribution in [0.3, 0.4) is 0 Å². The van der Waals surface area contributed by atoms with Gasteiger partial charge in [0.25, 0.3) is 0 Å². The van der Waals surface area contributed by atoms with Gasteiger partial charge in [-0.25, -0.2) is 0 Å². The first-order chi connectivity index (χ1) is 27.8. The maximum atomic E-state index is 12.6. The minimum Gasteiger partial charge on any atom is -0.457 e. The third-order valence-electron chi connectivity index (χ3n) is 11.6. The Morgan fingerprint density at radius 1 is 0.429 bits per heavy atom. The van der Waals surface area contributed by atoms with Crippen LogP contribution < -0.4 is 0 Å². The normalized spacial score (nSPS) is 13.4. The van der Waals surface area contributed by atoms with Crippen molar-refractivity contribution in [3.63, 3.8) is 0 Å². The monoisotopic (exact) mass is 796 g/mol. The summed E-state index contributed by atoms with van der Waals surface area (Å²) in [6.07, 6.45) is 47.0. The van der Waals surface area contributed by atoms with Crippen LogP contribution in [0.1, 0.15) is 245 Å². The van der Waals surface area contributed by atoms with Gasteiger partial charge in [-0.05, 0) is 51.7 Å². The van der Waals surface area contributed by atoms with Crippen LogP contribution in [0, 0.1) is 0 Å². The van der Waals surface area contributed by atoms with Crippen LogP contribution in [0.2, 0.25) is 0 Å². The summed E-state index contributed by atoms with van der Waals surface area (Å²) in [6, 6.07) is 0. The van der Waals surface area contributed by atoms with Gasteiger partial charge in [0.1, 0.15) is 19.7 Å². The Kier molecular flexibility index (Phi) is 43.2. The summed E-state index contributed by atoms with van der Waals surface area (Å²) in [4.78, 5) is 15.1. The smallest absolute Gasteiger partial charge is 0.306 e. The van der Waals surface area contributed by atoms with Gasteiger partial charge in [-0.15, -0.1) is 0 Å². The molecule has 0 radical (unpaired) electrons. The summed E-state index contributed by atoms with van der Waals surface area (Å²) in [6.45, 7) is 10.3. The van der Waals surface area contributed by atoms with Gasteiger partial charge in [0.2, 0.25) is 0 Å². The lowest BCUT2D eigenvalue weighted by molar-refractivity contribution is -0.165. The predicted octanol–water partition coefficient (Wildman–Crippen LogP) is 14.3. The number of hydrogen-bond donors (Lipinski definition) is 0. The first-order valence-corrected chi connectivity index (χ1v) is 25.0. The zero-order valence-corrected chi connectivity index (χ0v) is 37.8. The van der Waals surface area contributed by atoms with Crippen LogP contribution in [-0.2, 0) is 28.5 Å². The van der Waals surface area contributed by atoms with Crippen LogP contribution in [0.25, 0.3) is 0 Å². The largest absolute Gasteiger partial charge is 0.457 e. The molecule has 0 aliphatic carbocycles. The molecule has 0 amide bonds. The van der Waals surface area contributed by atoms with Crippen molar-refractivity contribution >= 4 is 5.97 Å². The maximum absolute atomic E-state index is 12.6. The minimum absolute atomic E-state index is 0.176. The van der Waals surface area contributed by atoms with E-state index >= 15 is 0 Å². The fourth-order valence-corrected chi connectivity index (χ4v) is 7.91. The molecule has 1 heterocycles. The summed E-state index contributed by atoms with van der Waals surface area (Å²) in [5.74, 6) is -0.176. The Bertz CT molecular complexity index is 719. The van der Waals surface area contributed by atoms with Gasteiger partial charge in [0, 0.05) is 19.6 Å². The van der Waals surface area contributed by atoms with Gasteiger partial charge in [-0.1, -0.05) is 206 Å². The number of unbranched alkanes of at least 4 members (excludes halogenated alkanes) is 30. The highest BCUT2D eigenvalue weighted by molar-refractivity contribution is 5.69. The molecule has 0 bridgehead atoms. The van der Waals surface area contributed by atoms with E-state index in [-0.39, 0.29) is 32.8 Å². The highest BCUT2D eigenvalue weighted by Crippen LogP contribution is 2.16. The first kappa shape index (κ1) is 53.3. The second kappa shape index (κ2) is 45.4. The van der Waals surface area contributed by atoms with E-state index in [4.69, 9.17) is 23.7 Å². The molecule has 1 rings (SSSR count). The number of ether oxygens (including phenoxy) is 5. The average Bonchev–Trinajstić information content (AvgIpc) is 3.73. The summed E-state index contributed by atoms with van der Waals surface area (Å²) < 4.78 is 28.8. The molecule has 7 heteroatoms. The molecule has 1 aliphatic heterocycles. The fraction of sp³-hybridized carbons (Fsp3) is 0.980. The Balaban J connectivity index is 2.01. The Labute approximate surface area is 349 Å². The number of nitrogens with zero attached hydrogens (tertiary/aromatic N) is 1. The second-order valence-electron chi connectivity index (χ2n) is 17.2. The van der Waals surface area contributed by atoms with Crippen molar-refractivity contribution in [3.05, 3.63) is 0 Å². The zero-order valence-electron chi connectivity index (χ0n) is 37.8. The molecule has 0 N–H and O–H groups in total. The summed E-state index contributed by atoms with van der Waals surface area (Å²) in [7, 11) is 0. The third kappa shape index (κ3) is 40.1. The first-order valence-electron chi connectivity index (χ1n) is 25.0. The average molecular weight is 796 g/mol. The van der Waals surface area contributed by atoms with Crippen LogP contribution in [0.15, 0.2) is 0 Å². The lowest BCUT2D eigenvalue weighted by Crippen LogP contribution is -2.30. The summed E-state index contributed by atoms with van der Waals surface area (Å²) >= 11 is 0. The number of esters is 1.